The quantitative estimate of drug-likeness (QED) is 0.583. The van der Waals surface area contributed by atoms with Crippen LogP contribution in [0.4, 0.5) is 5.69 Å². The number of nitrogens with zero attached hydrogens (tertiary/aromatic N) is 2. The van der Waals surface area contributed by atoms with Crippen LogP contribution in [0.25, 0.3) is 0 Å². The van der Waals surface area contributed by atoms with E-state index in [0.717, 1.165) is 21.7 Å². The van der Waals surface area contributed by atoms with Crippen LogP contribution >= 0.6 is 11.6 Å². The van der Waals surface area contributed by atoms with Crippen molar-refractivity contribution in [2.45, 2.75) is 59.7 Å². The van der Waals surface area contributed by atoms with Gasteiger partial charge in [-0.1, -0.05) is 47.5 Å². The topological polar surface area (TPSA) is 86.8 Å². The molecule has 9 heteroatoms. The standard InChI is InChI=1S/C25H34ClN3O4S/c1-17-9-8-10-20(13-17)15-28(19(3)24(31)27-25(4,5)6)23(30)16-29(34(7,32)33)22-14-21(26)12-11-18(22)2/h8-14,19H,15-16H2,1-7H3,(H,27,31). The highest BCUT2D eigenvalue weighted by Crippen LogP contribution is 2.27. The van der Waals surface area contributed by atoms with E-state index < -0.39 is 34.1 Å². The Hall–Kier alpha value is -2.58. The Kier molecular flexibility index (Phi) is 8.77. The molecular formula is C25H34ClN3O4S. The molecule has 1 unspecified atom stereocenters. The lowest BCUT2D eigenvalue weighted by molar-refractivity contribution is -0.140. The summed E-state index contributed by atoms with van der Waals surface area (Å²) in [6.07, 6.45) is 1.04. The van der Waals surface area contributed by atoms with Crippen LogP contribution in [0.2, 0.25) is 5.02 Å². The molecule has 1 atom stereocenters. The molecule has 0 saturated heterocycles. The molecule has 0 saturated carbocycles. The molecule has 0 heterocycles. The van der Waals surface area contributed by atoms with Crippen molar-refractivity contribution in [2.75, 3.05) is 17.1 Å². The smallest absolute Gasteiger partial charge is 0.244 e. The first-order valence-corrected chi connectivity index (χ1v) is 13.2. The van der Waals surface area contributed by atoms with E-state index in [1.54, 1.807) is 26.0 Å². The Morgan fingerprint density at radius 1 is 1.09 bits per heavy atom. The maximum Gasteiger partial charge on any atom is 0.244 e. The van der Waals surface area contributed by atoms with Crippen molar-refractivity contribution in [2.24, 2.45) is 0 Å². The molecule has 2 amide bonds. The fourth-order valence-electron chi connectivity index (χ4n) is 3.51. The van der Waals surface area contributed by atoms with Crippen molar-refractivity contribution >= 4 is 39.1 Å². The summed E-state index contributed by atoms with van der Waals surface area (Å²) in [5.74, 6) is -0.818. The number of amides is 2. The molecule has 1 N–H and O–H groups in total. The molecule has 0 aliphatic heterocycles. The predicted octanol–water partition coefficient (Wildman–Crippen LogP) is 4.05. The van der Waals surface area contributed by atoms with Gasteiger partial charge in [-0.2, -0.15) is 0 Å². The highest BCUT2D eigenvalue weighted by molar-refractivity contribution is 7.92. The first-order valence-electron chi connectivity index (χ1n) is 11.0. The van der Waals surface area contributed by atoms with Gasteiger partial charge in [-0.05, 0) is 64.8 Å². The van der Waals surface area contributed by atoms with E-state index in [4.69, 9.17) is 11.6 Å². The second-order valence-electron chi connectivity index (χ2n) is 9.63. The number of nitrogens with one attached hydrogen (secondary N) is 1. The largest absolute Gasteiger partial charge is 0.350 e. The van der Waals surface area contributed by atoms with E-state index in [1.807, 2.05) is 52.0 Å². The highest BCUT2D eigenvalue weighted by Gasteiger charge is 2.31. The van der Waals surface area contributed by atoms with Gasteiger partial charge >= 0.3 is 0 Å². The second-order valence-corrected chi connectivity index (χ2v) is 12.0. The maximum atomic E-state index is 13.6. The summed E-state index contributed by atoms with van der Waals surface area (Å²) in [5, 5.41) is 3.26. The molecule has 0 aliphatic carbocycles. The lowest BCUT2D eigenvalue weighted by Gasteiger charge is -2.33. The van der Waals surface area contributed by atoms with Gasteiger partial charge in [-0.15, -0.1) is 0 Å². The molecule has 0 bridgehead atoms. The Bertz CT molecular complexity index is 1160. The monoisotopic (exact) mass is 507 g/mol. The summed E-state index contributed by atoms with van der Waals surface area (Å²) in [7, 11) is -3.81. The molecule has 0 spiro atoms. The Morgan fingerprint density at radius 3 is 2.29 bits per heavy atom. The minimum absolute atomic E-state index is 0.158. The van der Waals surface area contributed by atoms with Crippen molar-refractivity contribution in [1.29, 1.82) is 0 Å². The fraction of sp³-hybridized carbons (Fsp3) is 0.440. The van der Waals surface area contributed by atoms with Gasteiger partial charge in [0.05, 0.1) is 11.9 Å². The van der Waals surface area contributed by atoms with Crippen LogP contribution in [0, 0.1) is 13.8 Å². The third-order valence-electron chi connectivity index (χ3n) is 5.22. The number of aryl methyl sites for hydroxylation is 2. The van der Waals surface area contributed by atoms with Gasteiger partial charge in [-0.25, -0.2) is 8.42 Å². The van der Waals surface area contributed by atoms with Gasteiger partial charge in [0.25, 0.3) is 0 Å². The van der Waals surface area contributed by atoms with E-state index in [9.17, 15) is 18.0 Å². The van der Waals surface area contributed by atoms with Gasteiger partial charge in [0.1, 0.15) is 12.6 Å². The first-order chi connectivity index (χ1) is 15.6. The van der Waals surface area contributed by atoms with E-state index in [2.05, 4.69) is 5.32 Å². The number of carbonyl (C=O) groups is 2. The van der Waals surface area contributed by atoms with E-state index in [-0.39, 0.29) is 12.5 Å². The Morgan fingerprint density at radius 2 is 1.74 bits per heavy atom. The number of benzene rings is 2. The molecule has 2 aromatic rings. The summed E-state index contributed by atoms with van der Waals surface area (Å²) in [4.78, 5) is 27.9. The van der Waals surface area contributed by atoms with Crippen molar-refractivity contribution in [3.05, 3.63) is 64.2 Å². The summed E-state index contributed by atoms with van der Waals surface area (Å²) in [6, 6.07) is 11.7. The van der Waals surface area contributed by atoms with Crippen LogP contribution in [-0.2, 0) is 26.2 Å². The van der Waals surface area contributed by atoms with Crippen LogP contribution in [0.15, 0.2) is 42.5 Å². The lowest BCUT2D eigenvalue weighted by Crippen LogP contribution is -2.54. The second kappa shape index (κ2) is 10.8. The molecule has 0 radical (unpaired) electrons. The summed E-state index contributed by atoms with van der Waals surface area (Å²) < 4.78 is 26.4. The first kappa shape index (κ1) is 27.7. The average molecular weight is 508 g/mol. The van der Waals surface area contributed by atoms with Gasteiger partial charge in [0, 0.05) is 17.1 Å². The SMILES string of the molecule is Cc1cccc(CN(C(=O)CN(c2cc(Cl)ccc2C)S(C)(=O)=O)C(C)C(=O)NC(C)(C)C)c1. The van der Waals surface area contributed by atoms with Crippen molar-refractivity contribution in [3.8, 4) is 0 Å². The van der Waals surface area contributed by atoms with Gasteiger partial charge in [0.15, 0.2) is 0 Å². The van der Waals surface area contributed by atoms with E-state index >= 15 is 0 Å². The van der Waals surface area contributed by atoms with Crippen LogP contribution in [0.1, 0.15) is 44.4 Å². The molecule has 0 aliphatic rings. The normalized spacial score (nSPS) is 12.7. The molecule has 186 valence electrons. The molecule has 0 fully saturated rings. The van der Waals surface area contributed by atoms with Crippen molar-refractivity contribution in [3.63, 3.8) is 0 Å². The minimum atomic E-state index is -3.81. The third-order valence-corrected chi connectivity index (χ3v) is 6.58. The average Bonchev–Trinajstić information content (AvgIpc) is 2.69. The van der Waals surface area contributed by atoms with Crippen LogP contribution in [0.5, 0.6) is 0 Å². The lowest BCUT2D eigenvalue weighted by atomic mass is 10.1. The molecule has 2 aromatic carbocycles. The zero-order valence-electron chi connectivity index (χ0n) is 20.8. The van der Waals surface area contributed by atoms with Gasteiger partial charge in [0.2, 0.25) is 21.8 Å². The zero-order chi connectivity index (χ0) is 25.8. The molecular weight excluding hydrogens is 474 g/mol. The van der Waals surface area contributed by atoms with E-state index in [1.165, 1.54) is 11.0 Å². The molecule has 34 heavy (non-hydrogen) atoms. The number of anilines is 1. The maximum absolute atomic E-state index is 13.6. The third kappa shape index (κ3) is 7.74. The summed E-state index contributed by atoms with van der Waals surface area (Å²) in [5.41, 5.74) is 2.36. The Balaban J connectivity index is 2.45. The van der Waals surface area contributed by atoms with Crippen molar-refractivity contribution in [1.82, 2.24) is 10.2 Å². The highest BCUT2D eigenvalue weighted by atomic mass is 35.5. The molecule has 0 aromatic heterocycles. The number of halogens is 1. The van der Waals surface area contributed by atoms with Crippen LogP contribution in [0.3, 0.4) is 0 Å². The van der Waals surface area contributed by atoms with Gasteiger partial charge < -0.3 is 10.2 Å². The zero-order valence-corrected chi connectivity index (χ0v) is 22.4. The Labute approximate surface area is 208 Å². The van der Waals surface area contributed by atoms with Crippen molar-refractivity contribution < 1.29 is 18.0 Å². The number of hydrogen-bond acceptors (Lipinski definition) is 4. The molecule has 2 rings (SSSR count). The number of carbonyl (C=O) groups excluding carboxylic acids is 2. The van der Waals surface area contributed by atoms with Gasteiger partial charge in [-0.3, -0.25) is 13.9 Å². The summed E-state index contributed by atoms with van der Waals surface area (Å²) >= 11 is 6.12. The predicted molar refractivity (Wildman–Crippen MR) is 137 cm³/mol. The number of sulfonamides is 1. The van der Waals surface area contributed by atoms with Crippen LogP contribution < -0.4 is 9.62 Å². The minimum Gasteiger partial charge on any atom is -0.350 e. The number of rotatable bonds is 8. The summed E-state index contributed by atoms with van der Waals surface area (Å²) in [6.45, 7) is 10.6. The van der Waals surface area contributed by atoms with Crippen LogP contribution in [-0.4, -0.2) is 49.5 Å². The molecule has 7 nitrogen and oxygen atoms in total. The van der Waals surface area contributed by atoms with E-state index in [0.29, 0.717) is 16.3 Å². The number of hydrogen-bond donors (Lipinski definition) is 1. The fourth-order valence-corrected chi connectivity index (χ4v) is 4.58.